The third-order valence-electron chi connectivity index (χ3n) is 1.75. The highest BCUT2D eigenvalue weighted by Gasteiger charge is 2.19. The van der Waals surface area contributed by atoms with Gasteiger partial charge in [0, 0.05) is 11.2 Å². The van der Waals surface area contributed by atoms with Crippen molar-refractivity contribution < 1.29 is 4.79 Å². The summed E-state index contributed by atoms with van der Waals surface area (Å²) in [4.78, 5) is 10.5. The minimum atomic E-state index is -0.237. The van der Waals surface area contributed by atoms with Gasteiger partial charge in [0.05, 0.1) is 0 Å². The first kappa shape index (κ1) is 11.0. The fourth-order valence-corrected chi connectivity index (χ4v) is 1.21. The Hall–Kier alpha value is 0.0400. The second-order valence-corrected chi connectivity index (χ2v) is 6.69. The normalized spacial score (nSPS) is 14.5. The van der Waals surface area contributed by atoms with E-state index in [0.29, 0.717) is 6.42 Å². The van der Waals surface area contributed by atoms with Crippen LogP contribution in [-0.4, -0.2) is 16.9 Å². The zero-order valence-electron chi connectivity index (χ0n) is 7.22. The van der Waals surface area contributed by atoms with E-state index in [2.05, 4.69) is 13.8 Å². The zero-order chi connectivity index (χ0) is 9.07. The van der Waals surface area contributed by atoms with Crippen molar-refractivity contribution in [1.29, 1.82) is 0 Å². The van der Waals surface area contributed by atoms with Crippen molar-refractivity contribution in [3.63, 3.8) is 0 Å². The van der Waals surface area contributed by atoms with Crippen molar-refractivity contribution >= 4 is 26.5 Å². The molecule has 0 aliphatic carbocycles. The number of carbonyl (C=O) groups is 1. The first-order chi connectivity index (χ1) is 4.86. The lowest BCUT2D eigenvalue weighted by atomic mass is 10.1. The van der Waals surface area contributed by atoms with Crippen molar-refractivity contribution in [3.05, 3.63) is 0 Å². The highest BCUT2D eigenvalue weighted by molar-refractivity contribution is 8.29. The number of carbonyl (C=O) groups excluding carboxylic acids is 1. The van der Waals surface area contributed by atoms with E-state index in [1.54, 1.807) is 0 Å². The van der Waals surface area contributed by atoms with Gasteiger partial charge in [-0.25, -0.2) is 0 Å². The van der Waals surface area contributed by atoms with Crippen LogP contribution in [-0.2, 0) is 25.4 Å². The quantitative estimate of drug-likeness (QED) is 0.715. The van der Waals surface area contributed by atoms with Crippen LogP contribution in [0.15, 0.2) is 0 Å². The number of nitrogens with two attached hydrogens (primary N) is 1. The third-order valence-corrected chi connectivity index (χ3v) is 4.87. The molecule has 0 aliphatic heterocycles. The van der Waals surface area contributed by atoms with Gasteiger partial charge in [-0.3, -0.25) is 4.79 Å². The Morgan fingerprint density at radius 2 is 2.09 bits per heavy atom. The van der Waals surface area contributed by atoms with Crippen molar-refractivity contribution in [1.82, 2.24) is 0 Å². The van der Waals surface area contributed by atoms with Crippen LogP contribution in [0.25, 0.3) is 0 Å². The molecule has 11 heavy (non-hydrogen) atoms. The summed E-state index contributed by atoms with van der Waals surface area (Å²) in [5, 5.41) is 0. The maximum atomic E-state index is 10.5. The molecular formula is C7H15NOS2. The van der Waals surface area contributed by atoms with E-state index >= 15 is 0 Å². The molecule has 0 rings (SSSR count). The van der Waals surface area contributed by atoms with Crippen molar-refractivity contribution in [2.75, 3.05) is 6.26 Å². The Morgan fingerprint density at radius 3 is 2.36 bits per heavy atom. The molecule has 0 radical (unpaired) electrons. The molecule has 0 aromatic rings. The lowest BCUT2D eigenvalue weighted by Gasteiger charge is -2.23. The highest BCUT2D eigenvalue weighted by atomic mass is 32.8. The van der Waals surface area contributed by atoms with Gasteiger partial charge in [0.15, 0.2) is 0 Å². The Kier molecular flexibility index (Phi) is 4.18. The molecule has 0 aromatic carbocycles. The molecule has 2 N–H and O–H groups in total. The number of amides is 1. The van der Waals surface area contributed by atoms with Gasteiger partial charge in [-0.05, 0) is 12.7 Å². The Balaban J connectivity index is 3.92. The summed E-state index contributed by atoms with van der Waals surface area (Å²) in [7, 11) is -0.0668. The van der Waals surface area contributed by atoms with Crippen LogP contribution in [0.2, 0.25) is 0 Å². The summed E-state index contributed by atoms with van der Waals surface area (Å²) in [5.74, 6) is -0.237. The van der Waals surface area contributed by atoms with E-state index in [-0.39, 0.29) is 20.1 Å². The predicted octanol–water partition coefficient (Wildman–Crippen LogP) is 0.740. The fraction of sp³-hybridized carbons (Fsp3) is 0.857. The van der Waals surface area contributed by atoms with E-state index in [9.17, 15) is 4.79 Å². The average molecular weight is 193 g/mol. The largest absolute Gasteiger partial charge is 0.370 e. The van der Waals surface area contributed by atoms with Crippen LogP contribution in [0.4, 0.5) is 0 Å². The van der Waals surface area contributed by atoms with Gasteiger partial charge < -0.3 is 5.73 Å². The minimum Gasteiger partial charge on any atom is -0.370 e. The van der Waals surface area contributed by atoms with Gasteiger partial charge >= 0.3 is 0 Å². The molecule has 1 atom stereocenters. The summed E-state index contributed by atoms with van der Waals surface area (Å²) in [6, 6.07) is 0. The molecule has 66 valence electrons. The SMILES string of the molecule is CS(=S)C(C)(C)CCC(N)=O. The molecule has 4 heteroatoms. The standard InChI is InChI=1S/C7H15NOS2/c1-7(2,11(3)10)5-4-6(8)9/h4-5H2,1-3H3,(H2,8,9). The Labute approximate surface area is 75.1 Å². The molecule has 0 heterocycles. The first-order valence-electron chi connectivity index (χ1n) is 3.48. The second-order valence-electron chi connectivity index (χ2n) is 3.18. The molecule has 0 fully saturated rings. The van der Waals surface area contributed by atoms with Crippen LogP contribution in [0.3, 0.4) is 0 Å². The predicted molar refractivity (Wildman–Crippen MR) is 53.2 cm³/mol. The maximum Gasteiger partial charge on any atom is 0.217 e. The van der Waals surface area contributed by atoms with E-state index in [0.717, 1.165) is 6.42 Å². The zero-order valence-corrected chi connectivity index (χ0v) is 8.85. The third kappa shape index (κ3) is 4.48. The topological polar surface area (TPSA) is 43.1 Å². The highest BCUT2D eigenvalue weighted by Crippen LogP contribution is 2.18. The van der Waals surface area contributed by atoms with Gasteiger partial charge in [0.1, 0.15) is 0 Å². The van der Waals surface area contributed by atoms with Gasteiger partial charge in [0.2, 0.25) is 5.91 Å². The monoisotopic (exact) mass is 193 g/mol. The number of primary amides is 1. The Morgan fingerprint density at radius 1 is 1.64 bits per heavy atom. The van der Waals surface area contributed by atoms with Gasteiger partial charge in [0.25, 0.3) is 0 Å². The summed E-state index contributed by atoms with van der Waals surface area (Å²) >= 11 is 5.14. The smallest absolute Gasteiger partial charge is 0.217 e. The van der Waals surface area contributed by atoms with Crippen molar-refractivity contribution in [2.24, 2.45) is 5.73 Å². The van der Waals surface area contributed by atoms with E-state index in [4.69, 9.17) is 16.9 Å². The van der Waals surface area contributed by atoms with Gasteiger partial charge in [-0.15, -0.1) is 9.45 Å². The van der Waals surface area contributed by atoms with E-state index in [1.807, 2.05) is 6.26 Å². The summed E-state index contributed by atoms with van der Waals surface area (Å²) in [6.07, 6.45) is 3.25. The van der Waals surface area contributed by atoms with Crippen LogP contribution in [0, 0.1) is 0 Å². The molecule has 0 aromatic heterocycles. The lowest BCUT2D eigenvalue weighted by molar-refractivity contribution is -0.118. The molecule has 0 saturated carbocycles. The molecule has 1 amide bonds. The van der Waals surface area contributed by atoms with Crippen LogP contribution in [0.1, 0.15) is 26.7 Å². The van der Waals surface area contributed by atoms with Gasteiger partial charge in [-0.2, -0.15) is 0 Å². The van der Waals surface area contributed by atoms with Crippen LogP contribution >= 0.6 is 0 Å². The molecule has 2 nitrogen and oxygen atoms in total. The average Bonchev–Trinajstić information content (AvgIpc) is 1.84. The molecular weight excluding hydrogens is 178 g/mol. The molecule has 1 unspecified atom stereocenters. The second kappa shape index (κ2) is 4.16. The van der Waals surface area contributed by atoms with E-state index in [1.165, 1.54) is 0 Å². The summed E-state index contributed by atoms with van der Waals surface area (Å²) < 4.78 is 0.0738. The van der Waals surface area contributed by atoms with E-state index < -0.39 is 0 Å². The molecule has 0 bridgehead atoms. The number of rotatable bonds is 4. The summed E-state index contributed by atoms with van der Waals surface area (Å²) in [6.45, 7) is 4.15. The molecule has 0 saturated heterocycles. The number of hydrogen-bond donors (Lipinski definition) is 1. The van der Waals surface area contributed by atoms with Gasteiger partial charge in [-0.1, -0.05) is 25.0 Å². The number of hydrogen-bond acceptors (Lipinski definition) is 2. The Bertz CT molecular complexity index is 177. The molecule has 0 spiro atoms. The maximum absolute atomic E-state index is 10.5. The van der Waals surface area contributed by atoms with Crippen molar-refractivity contribution in [3.8, 4) is 0 Å². The minimum absolute atomic E-state index is 0.0668. The molecule has 0 aliphatic rings. The van der Waals surface area contributed by atoms with Crippen LogP contribution < -0.4 is 5.73 Å². The summed E-state index contributed by atoms with van der Waals surface area (Å²) in [5.41, 5.74) is 5.03. The van der Waals surface area contributed by atoms with Crippen LogP contribution in [0.5, 0.6) is 0 Å². The first-order valence-corrected chi connectivity index (χ1v) is 6.04. The fourth-order valence-electron chi connectivity index (χ4n) is 0.568. The van der Waals surface area contributed by atoms with Crippen molar-refractivity contribution in [2.45, 2.75) is 31.4 Å². The lowest BCUT2D eigenvalue weighted by Crippen LogP contribution is -2.27.